The number of nitrogens with one attached hydrogen (secondary N) is 1. The molecule has 0 spiro atoms. The molecule has 0 radical (unpaired) electrons. The van der Waals surface area contributed by atoms with Gasteiger partial charge in [-0.15, -0.1) is 0 Å². The smallest absolute Gasteiger partial charge is 0.251 e. The van der Waals surface area contributed by atoms with E-state index in [1.54, 1.807) is 6.07 Å². The number of primary amides is 1. The number of benzene rings is 1. The third-order valence-electron chi connectivity index (χ3n) is 2.18. The van der Waals surface area contributed by atoms with Crippen molar-refractivity contribution in [2.24, 2.45) is 11.5 Å². The molecule has 0 heterocycles. The molecule has 0 aromatic heterocycles. The molecule has 5 heteroatoms. The molecule has 88 valence electrons. The molecule has 1 atom stereocenters. The molecule has 1 aromatic carbocycles. The topological polar surface area (TPSA) is 81.1 Å². The van der Waals surface area contributed by atoms with Gasteiger partial charge in [-0.1, -0.05) is 6.07 Å². The van der Waals surface area contributed by atoms with E-state index in [4.69, 9.17) is 11.5 Å². The number of hydrogen-bond acceptors (Lipinski definition) is 3. The third kappa shape index (κ3) is 3.50. The van der Waals surface area contributed by atoms with E-state index in [-0.39, 0.29) is 6.04 Å². The van der Waals surface area contributed by atoms with Gasteiger partial charge in [0.25, 0.3) is 5.91 Å². The average molecular weight is 286 g/mol. The summed E-state index contributed by atoms with van der Waals surface area (Å²) in [5, 5.41) is 3.16. The number of halogens is 1. The Morgan fingerprint density at radius 2 is 2.25 bits per heavy atom. The summed E-state index contributed by atoms with van der Waals surface area (Å²) in [6, 6.07) is 5.60. The normalized spacial score (nSPS) is 12.2. The van der Waals surface area contributed by atoms with Crippen LogP contribution in [0.15, 0.2) is 22.7 Å². The minimum atomic E-state index is -0.448. The Kier molecular flexibility index (Phi) is 4.76. The monoisotopic (exact) mass is 285 g/mol. The van der Waals surface area contributed by atoms with Gasteiger partial charge in [-0.2, -0.15) is 0 Å². The van der Waals surface area contributed by atoms with Crippen LogP contribution in [-0.2, 0) is 0 Å². The van der Waals surface area contributed by atoms with Crippen molar-refractivity contribution in [3.05, 3.63) is 28.2 Å². The first kappa shape index (κ1) is 13.0. The number of hydrogen-bond donors (Lipinski definition) is 3. The number of carbonyl (C=O) groups is 1. The number of carbonyl (C=O) groups excluding carboxylic acids is 1. The van der Waals surface area contributed by atoms with E-state index in [1.807, 2.05) is 19.1 Å². The van der Waals surface area contributed by atoms with Crippen molar-refractivity contribution in [2.75, 3.05) is 11.9 Å². The highest BCUT2D eigenvalue weighted by Crippen LogP contribution is 2.24. The lowest BCUT2D eigenvalue weighted by atomic mass is 10.1. The van der Waals surface area contributed by atoms with Gasteiger partial charge in [0.2, 0.25) is 0 Å². The third-order valence-corrected chi connectivity index (χ3v) is 2.84. The van der Waals surface area contributed by atoms with Crippen LogP contribution in [-0.4, -0.2) is 18.5 Å². The van der Waals surface area contributed by atoms with Crippen molar-refractivity contribution >= 4 is 27.5 Å². The number of amides is 1. The van der Waals surface area contributed by atoms with E-state index in [2.05, 4.69) is 21.2 Å². The minimum Gasteiger partial charge on any atom is -0.384 e. The van der Waals surface area contributed by atoms with Crippen LogP contribution >= 0.6 is 15.9 Å². The van der Waals surface area contributed by atoms with Crippen LogP contribution in [0.2, 0.25) is 0 Å². The zero-order valence-electron chi connectivity index (χ0n) is 9.16. The molecule has 4 nitrogen and oxygen atoms in total. The second-order valence-corrected chi connectivity index (χ2v) is 4.57. The number of nitrogens with two attached hydrogens (primary N) is 2. The molecule has 5 N–H and O–H groups in total. The number of rotatable bonds is 5. The lowest BCUT2D eigenvalue weighted by molar-refractivity contribution is 0.100. The summed E-state index contributed by atoms with van der Waals surface area (Å²) in [4.78, 5) is 11.3. The van der Waals surface area contributed by atoms with Crippen molar-refractivity contribution in [2.45, 2.75) is 19.4 Å². The summed E-state index contributed by atoms with van der Waals surface area (Å²) in [7, 11) is 0. The molecule has 1 unspecified atom stereocenters. The Morgan fingerprint density at radius 3 is 2.81 bits per heavy atom. The lowest BCUT2D eigenvalue weighted by Gasteiger charge is -2.12. The van der Waals surface area contributed by atoms with Crippen LogP contribution in [0.1, 0.15) is 23.7 Å². The van der Waals surface area contributed by atoms with Crippen LogP contribution in [0, 0.1) is 0 Å². The van der Waals surface area contributed by atoms with Crippen LogP contribution < -0.4 is 16.8 Å². The summed E-state index contributed by atoms with van der Waals surface area (Å²) in [5.41, 5.74) is 12.2. The van der Waals surface area contributed by atoms with Gasteiger partial charge in [-0.3, -0.25) is 4.79 Å². The van der Waals surface area contributed by atoms with Crippen LogP contribution in [0.25, 0.3) is 0 Å². The maximum absolute atomic E-state index is 11.3. The molecule has 0 fully saturated rings. The van der Waals surface area contributed by atoms with Crippen molar-refractivity contribution < 1.29 is 4.79 Å². The molecule has 1 aromatic rings. The minimum absolute atomic E-state index is 0.136. The lowest BCUT2D eigenvalue weighted by Crippen LogP contribution is -2.20. The van der Waals surface area contributed by atoms with E-state index in [9.17, 15) is 4.79 Å². The Balaban J connectivity index is 2.79. The summed E-state index contributed by atoms with van der Waals surface area (Å²) >= 11 is 3.30. The fraction of sp³-hybridized carbons (Fsp3) is 0.364. The summed E-state index contributed by atoms with van der Waals surface area (Å²) in [6.07, 6.45) is 0.838. The Morgan fingerprint density at radius 1 is 1.56 bits per heavy atom. The maximum atomic E-state index is 11.3. The summed E-state index contributed by atoms with van der Waals surface area (Å²) in [6.45, 7) is 2.66. The molecule has 0 bridgehead atoms. The highest BCUT2D eigenvalue weighted by molar-refractivity contribution is 9.10. The van der Waals surface area contributed by atoms with Crippen LogP contribution in [0.4, 0.5) is 5.69 Å². The van der Waals surface area contributed by atoms with Gasteiger partial charge in [0.15, 0.2) is 0 Å². The fourth-order valence-corrected chi connectivity index (χ4v) is 1.92. The Hall–Kier alpha value is -1.07. The van der Waals surface area contributed by atoms with Gasteiger partial charge in [-0.05, 0) is 41.4 Å². The molecular weight excluding hydrogens is 270 g/mol. The van der Waals surface area contributed by atoms with E-state index in [1.165, 1.54) is 0 Å². The first-order chi connectivity index (χ1) is 7.52. The molecule has 1 amide bonds. The largest absolute Gasteiger partial charge is 0.384 e. The van der Waals surface area contributed by atoms with Gasteiger partial charge in [-0.25, -0.2) is 0 Å². The molecule has 0 aliphatic heterocycles. The fourth-order valence-electron chi connectivity index (χ4n) is 1.36. The van der Waals surface area contributed by atoms with Crippen molar-refractivity contribution in [3.63, 3.8) is 0 Å². The van der Waals surface area contributed by atoms with Crippen LogP contribution in [0.5, 0.6) is 0 Å². The van der Waals surface area contributed by atoms with E-state index in [0.29, 0.717) is 16.6 Å². The molecule has 0 aliphatic rings. The standard InChI is InChI=1S/C11H16BrN3O/c1-7(13)5-6-15-9-4-2-3-8(12)10(9)11(14)16/h2-4,7,15H,5-6,13H2,1H3,(H2,14,16). The average Bonchev–Trinajstić information content (AvgIpc) is 2.16. The summed E-state index contributed by atoms with van der Waals surface area (Å²) in [5.74, 6) is -0.448. The highest BCUT2D eigenvalue weighted by Gasteiger charge is 2.11. The molecular formula is C11H16BrN3O. The van der Waals surface area contributed by atoms with Gasteiger partial charge < -0.3 is 16.8 Å². The second-order valence-electron chi connectivity index (χ2n) is 3.72. The SMILES string of the molecule is CC(N)CCNc1cccc(Br)c1C(N)=O. The predicted octanol–water partition coefficient (Wildman–Crippen LogP) is 1.70. The maximum Gasteiger partial charge on any atom is 0.251 e. The number of anilines is 1. The summed E-state index contributed by atoms with van der Waals surface area (Å²) < 4.78 is 0.700. The first-order valence-corrected chi connectivity index (χ1v) is 5.89. The predicted molar refractivity (Wildman–Crippen MR) is 69.4 cm³/mol. The zero-order valence-corrected chi connectivity index (χ0v) is 10.8. The molecule has 0 saturated heterocycles. The highest BCUT2D eigenvalue weighted by atomic mass is 79.9. The van der Waals surface area contributed by atoms with Crippen molar-refractivity contribution in [3.8, 4) is 0 Å². The quantitative estimate of drug-likeness (QED) is 0.770. The molecule has 0 aliphatic carbocycles. The van der Waals surface area contributed by atoms with E-state index >= 15 is 0 Å². The second kappa shape index (κ2) is 5.86. The molecule has 0 saturated carbocycles. The molecule has 16 heavy (non-hydrogen) atoms. The molecule has 1 rings (SSSR count). The van der Waals surface area contributed by atoms with E-state index < -0.39 is 5.91 Å². The van der Waals surface area contributed by atoms with Gasteiger partial charge in [0.05, 0.1) is 5.56 Å². The van der Waals surface area contributed by atoms with Gasteiger partial charge in [0, 0.05) is 22.7 Å². The van der Waals surface area contributed by atoms with Crippen molar-refractivity contribution in [1.29, 1.82) is 0 Å². The zero-order chi connectivity index (χ0) is 12.1. The van der Waals surface area contributed by atoms with Crippen LogP contribution in [0.3, 0.4) is 0 Å². The van der Waals surface area contributed by atoms with Gasteiger partial charge in [0.1, 0.15) is 0 Å². The first-order valence-electron chi connectivity index (χ1n) is 5.10. The van der Waals surface area contributed by atoms with Gasteiger partial charge >= 0.3 is 0 Å². The Bertz CT molecular complexity index is 379. The Labute approximate surface area is 104 Å². The van der Waals surface area contributed by atoms with E-state index in [0.717, 1.165) is 12.1 Å². The van der Waals surface area contributed by atoms with Crippen molar-refractivity contribution in [1.82, 2.24) is 0 Å².